The third-order valence-electron chi connectivity index (χ3n) is 0.134. The number of hydrogen-bond acceptors (Lipinski definition) is 1. The van der Waals surface area contributed by atoms with E-state index in [9.17, 15) is 13.2 Å². The molecule has 0 unspecified atom stereocenters. The Hall–Kier alpha value is 0.939. The first-order chi connectivity index (χ1) is 2.56. The molecule has 0 fully saturated rings. The number of halogens is 3. The molecule has 0 saturated heterocycles. The zero-order valence-electron chi connectivity index (χ0n) is 2.62. The molecule has 0 aliphatic rings. The van der Waals surface area contributed by atoms with Crippen molar-refractivity contribution in [2.45, 2.75) is 5.51 Å². The average molecular weight is 221 g/mol. The SMILES string of the molecule is FC(F)(F)[S][SnH]. The predicted octanol–water partition coefficient (Wildman–Crippen LogP) is 1.06. The van der Waals surface area contributed by atoms with Crippen molar-refractivity contribution in [1.82, 2.24) is 0 Å². The van der Waals surface area contributed by atoms with Crippen LogP contribution < -0.4 is 0 Å². The van der Waals surface area contributed by atoms with Crippen molar-refractivity contribution in [2.75, 3.05) is 0 Å². The van der Waals surface area contributed by atoms with Gasteiger partial charge in [0.2, 0.25) is 0 Å². The molecule has 0 saturated carbocycles. The Morgan fingerprint density at radius 1 is 1.33 bits per heavy atom. The first-order valence-corrected chi connectivity index (χ1v) is 5.92. The predicted molar refractivity (Wildman–Crippen MR) is 20.8 cm³/mol. The second-order valence-corrected chi connectivity index (χ2v) is 3.28. The Morgan fingerprint density at radius 3 is 1.50 bits per heavy atom. The Kier molecular flexibility index (Phi) is 2.66. The van der Waals surface area contributed by atoms with E-state index >= 15 is 0 Å². The summed E-state index contributed by atoms with van der Waals surface area (Å²) in [5.74, 6) is 0. The fourth-order valence-corrected chi connectivity index (χ4v) is 0. The van der Waals surface area contributed by atoms with Crippen LogP contribution in [0.15, 0.2) is 0 Å². The average Bonchev–Trinajstić information content (AvgIpc) is 1.35. The molecule has 0 aromatic carbocycles. The molecule has 0 nitrogen and oxygen atoms in total. The van der Waals surface area contributed by atoms with Crippen molar-refractivity contribution in [3.8, 4) is 0 Å². The van der Waals surface area contributed by atoms with E-state index in [1.54, 1.807) is 0 Å². The molecular formula is CHF3SSn. The third-order valence-corrected chi connectivity index (χ3v) is 2.69. The zero-order chi connectivity index (χ0) is 5.21. The van der Waals surface area contributed by atoms with Crippen LogP contribution in [-0.4, -0.2) is 26.7 Å². The van der Waals surface area contributed by atoms with Gasteiger partial charge >= 0.3 is 48.8 Å². The van der Waals surface area contributed by atoms with E-state index in [2.05, 4.69) is 0 Å². The Labute approximate surface area is 49.0 Å². The number of hydrogen-bond donors (Lipinski definition) is 0. The minimum absolute atomic E-state index is 0.0119. The molecule has 0 atom stereocenters. The summed E-state index contributed by atoms with van der Waals surface area (Å²) >= 11 is 0.195. The fraction of sp³-hybridized carbons (Fsp3) is 1.00. The summed E-state index contributed by atoms with van der Waals surface area (Å²) in [6.07, 6.45) is 0. The molecule has 2 radical (unpaired) electrons. The van der Waals surface area contributed by atoms with Gasteiger partial charge in [-0.05, 0) is 0 Å². The van der Waals surface area contributed by atoms with Crippen molar-refractivity contribution in [1.29, 1.82) is 0 Å². The van der Waals surface area contributed by atoms with E-state index in [0.717, 1.165) is 0 Å². The van der Waals surface area contributed by atoms with Gasteiger partial charge in [0.25, 0.3) is 0 Å². The molecule has 5 heteroatoms. The van der Waals surface area contributed by atoms with Gasteiger partial charge in [0, 0.05) is 0 Å². The third kappa shape index (κ3) is 4.94. The number of alkyl halides is 3. The monoisotopic (exact) mass is 222 g/mol. The van der Waals surface area contributed by atoms with Gasteiger partial charge in [-0.1, -0.05) is 0 Å². The van der Waals surface area contributed by atoms with Gasteiger partial charge in [-0.2, -0.15) is 0 Å². The quantitative estimate of drug-likeness (QED) is 0.551. The Morgan fingerprint density at radius 2 is 1.50 bits per heavy atom. The van der Waals surface area contributed by atoms with Gasteiger partial charge in [0.05, 0.1) is 0 Å². The van der Waals surface area contributed by atoms with E-state index in [1.807, 2.05) is 0 Å². The second-order valence-electron chi connectivity index (χ2n) is 0.564. The normalized spacial score (nSPS) is 12.0. The first kappa shape index (κ1) is 6.94. The van der Waals surface area contributed by atoms with Crippen LogP contribution in [0.2, 0.25) is 0 Å². The summed E-state index contributed by atoms with van der Waals surface area (Å²) in [6.45, 7) is 0. The molecule has 0 aliphatic heterocycles. The summed E-state index contributed by atoms with van der Waals surface area (Å²) in [5.41, 5.74) is -3.98. The summed E-state index contributed by atoms with van der Waals surface area (Å²) < 4.78 is 32.3. The fourth-order valence-electron chi connectivity index (χ4n) is 0. The summed E-state index contributed by atoms with van der Waals surface area (Å²) in [7, 11) is 0.0119. The van der Waals surface area contributed by atoms with Gasteiger partial charge in [0.15, 0.2) is 0 Å². The van der Waals surface area contributed by atoms with E-state index in [1.165, 1.54) is 0 Å². The maximum atomic E-state index is 10.8. The molecule has 0 amide bonds. The molecule has 0 heterocycles. The van der Waals surface area contributed by atoms with Crippen LogP contribution in [0.1, 0.15) is 0 Å². The van der Waals surface area contributed by atoms with Crippen LogP contribution in [-0.2, 0) is 0 Å². The summed E-state index contributed by atoms with van der Waals surface area (Å²) in [5, 5.41) is 0. The van der Waals surface area contributed by atoms with Crippen LogP contribution in [0, 0.1) is 0 Å². The standard InChI is InChI=1S/CHF3S.Sn.H/c2-1(3,4)5;;/h5H;;/q;+1;/p-1. The van der Waals surface area contributed by atoms with Gasteiger partial charge in [-0.25, -0.2) is 0 Å². The van der Waals surface area contributed by atoms with Gasteiger partial charge in [0.1, 0.15) is 0 Å². The van der Waals surface area contributed by atoms with Gasteiger partial charge < -0.3 is 0 Å². The van der Waals surface area contributed by atoms with Crippen molar-refractivity contribution in [3.63, 3.8) is 0 Å². The second kappa shape index (κ2) is 2.30. The van der Waals surface area contributed by atoms with Gasteiger partial charge in [-0.15, -0.1) is 0 Å². The van der Waals surface area contributed by atoms with Crippen molar-refractivity contribution in [2.24, 2.45) is 0 Å². The molecule has 6 heavy (non-hydrogen) atoms. The van der Waals surface area contributed by atoms with Gasteiger partial charge in [-0.3, -0.25) is 0 Å². The molecule has 0 rings (SSSR count). The van der Waals surface area contributed by atoms with E-state index in [0.29, 0.717) is 0 Å². The van der Waals surface area contributed by atoms with Crippen LogP contribution in [0.4, 0.5) is 13.2 Å². The molecule has 0 aromatic rings. The zero-order valence-corrected chi connectivity index (χ0v) is 6.73. The van der Waals surface area contributed by atoms with Crippen LogP contribution in [0.3, 0.4) is 0 Å². The molecule has 0 spiro atoms. The molecular weight excluding hydrogens is 220 g/mol. The molecule has 0 N–H and O–H groups in total. The molecule has 36 valence electrons. The van der Waals surface area contributed by atoms with Crippen LogP contribution in [0.25, 0.3) is 0 Å². The van der Waals surface area contributed by atoms with Crippen LogP contribution in [0.5, 0.6) is 0 Å². The Balaban J connectivity index is 3.17. The Bertz CT molecular complexity index is 40.5. The summed E-state index contributed by atoms with van der Waals surface area (Å²) in [4.78, 5) is 0. The molecule has 0 bridgehead atoms. The topological polar surface area (TPSA) is 0 Å². The van der Waals surface area contributed by atoms with Crippen molar-refractivity contribution >= 4 is 30.1 Å². The molecule has 0 aromatic heterocycles. The van der Waals surface area contributed by atoms with E-state index < -0.39 is 5.51 Å². The minimum atomic E-state index is -3.98. The summed E-state index contributed by atoms with van der Waals surface area (Å²) in [6, 6.07) is 0. The van der Waals surface area contributed by atoms with Crippen LogP contribution >= 0.6 is 8.95 Å². The number of rotatable bonds is 0. The van der Waals surface area contributed by atoms with Crippen molar-refractivity contribution in [3.05, 3.63) is 0 Å². The van der Waals surface area contributed by atoms with E-state index in [-0.39, 0.29) is 30.1 Å². The first-order valence-electron chi connectivity index (χ1n) is 1.01. The maximum absolute atomic E-state index is 10.8. The molecule has 0 aliphatic carbocycles. The van der Waals surface area contributed by atoms with Crippen molar-refractivity contribution < 1.29 is 13.2 Å². The van der Waals surface area contributed by atoms with E-state index in [4.69, 9.17) is 0 Å².